The average molecular weight is 302 g/mol. The second-order valence-corrected chi connectivity index (χ2v) is 9.03. The minimum absolute atomic E-state index is 0.350. The van der Waals surface area contributed by atoms with E-state index in [1.165, 1.54) is 38.5 Å². The van der Waals surface area contributed by atoms with Crippen molar-refractivity contribution in [3.8, 4) is 0 Å². The molecule has 118 valence electrons. The van der Waals surface area contributed by atoms with Crippen molar-refractivity contribution in [2.45, 2.75) is 44.9 Å². The van der Waals surface area contributed by atoms with Crippen LogP contribution >= 0.6 is 0 Å². The highest BCUT2D eigenvalue weighted by Crippen LogP contribution is 2.35. The molecule has 1 N–H and O–H groups in total. The van der Waals surface area contributed by atoms with Gasteiger partial charge in [0.1, 0.15) is 0 Å². The summed E-state index contributed by atoms with van der Waals surface area (Å²) < 4.78 is 23.5. The second-order valence-electron chi connectivity index (χ2n) is 6.73. The zero-order valence-corrected chi connectivity index (χ0v) is 13.7. The number of sulfone groups is 1. The third-order valence-corrected chi connectivity index (χ3v) is 6.64. The molecule has 1 saturated carbocycles. The molecule has 0 aromatic heterocycles. The number of nitrogens with zero attached hydrogens (tertiary/aromatic N) is 1. The molecule has 0 bridgehead atoms. The van der Waals surface area contributed by atoms with Gasteiger partial charge in [0.05, 0.1) is 11.5 Å². The molecule has 4 nitrogen and oxygen atoms in total. The summed E-state index contributed by atoms with van der Waals surface area (Å²) in [6.45, 7) is 3.82. The number of nitrogens with one attached hydrogen (secondary N) is 1. The fraction of sp³-hybridized carbons (Fsp3) is 1.00. The highest BCUT2D eigenvalue weighted by molar-refractivity contribution is 7.91. The molecule has 0 amide bonds. The molecule has 0 unspecified atom stereocenters. The summed E-state index contributed by atoms with van der Waals surface area (Å²) in [5.74, 6) is 0.727. The van der Waals surface area contributed by atoms with Crippen LogP contribution in [0.5, 0.6) is 0 Å². The minimum atomic E-state index is -2.79. The highest BCUT2D eigenvalue weighted by atomic mass is 32.2. The quantitative estimate of drug-likeness (QED) is 0.803. The van der Waals surface area contributed by atoms with Gasteiger partial charge in [0.15, 0.2) is 9.84 Å². The van der Waals surface area contributed by atoms with Gasteiger partial charge in [0.2, 0.25) is 0 Å². The molecule has 1 aliphatic carbocycles. The molecule has 1 aliphatic heterocycles. The fourth-order valence-electron chi connectivity index (χ4n) is 3.87. The molecule has 0 radical (unpaired) electrons. The monoisotopic (exact) mass is 302 g/mol. The number of hydrogen-bond donors (Lipinski definition) is 1. The first-order chi connectivity index (χ1) is 9.55. The third-order valence-electron chi connectivity index (χ3n) is 4.92. The first kappa shape index (κ1) is 16.2. The van der Waals surface area contributed by atoms with Gasteiger partial charge in [-0.3, -0.25) is 0 Å². The van der Waals surface area contributed by atoms with Gasteiger partial charge >= 0.3 is 0 Å². The maximum absolute atomic E-state index is 11.7. The van der Waals surface area contributed by atoms with Crippen LogP contribution in [0.4, 0.5) is 0 Å². The lowest BCUT2D eigenvalue weighted by Crippen LogP contribution is -2.44. The van der Waals surface area contributed by atoms with Crippen LogP contribution in [0.1, 0.15) is 44.9 Å². The Labute approximate surface area is 124 Å². The zero-order chi connectivity index (χ0) is 14.5. The molecule has 2 fully saturated rings. The Hall–Kier alpha value is -0.130. The van der Waals surface area contributed by atoms with Crippen LogP contribution in [0.3, 0.4) is 0 Å². The van der Waals surface area contributed by atoms with E-state index < -0.39 is 9.84 Å². The van der Waals surface area contributed by atoms with E-state index in [0.29, 0.717) is 16.9 Å². The summed E-state index contributed by atoms with van der Waals surface area (Å²) in [7, 11) is -0.748. The van der Waals surface area contributed by atoms with Crippen molar-refractivity contribution >= 4 is 9.84 Å². The van der Waals surface area contributed by atoms with Crippen molar-refractivity contribution in [3.05, 3.63) is 0 Å². The molecule has 0 atom stereocenters. The fourth-order valence-corrected chi connectivity index (χ4v) is 5.18. The maximum Gasteiger partial charge on any atom is 0.151 e. The first-order valence-corrected chi connectivity index (χ1v) is 9.95. The van der Waals surface area contributed by atoms with Gasteiger partial charge in [-0.1, -0.05) is 25.7 Å². The summed E-state index contributed by atoms with van der Waals surface area (Å²) in [6, 6.07) is 0. The molecular weight excluding hydrogens is 272 g/mol. The van der Waals surface area contributed by atoms with Crippen molar-refractivity contribution < 1.29 is 8.42 Å². The third kappa shape index (κ3) is 4.71. The largest absolute Gasteiger partial charge is 0.319 e. The van der Waals surface area contributed by atoms with Gasteiger partial charge in [-0.05, 0) is 38.3 Å². The Morgan fingerprint density at radius 3 is 2.35 bits per heavy atom. The van der Waals surface area contributed by atoms with Gasteiger partial charge in [-0.2, -0.15) is 0 Å². The lowest BCUT2D eigenvalue weighted by molar-refractivity contribution is 0.135. The van der Waals surface area contributed by atoms with Crippen LogP contribution in [0.2, 0.25) is 0 Å². The predicted octanol–water partition coefficient (Wildman–Crippen LogP) is 1.67. The molecular formula is C15H30N2O2S. The lowest BCUT2D eigenvalue weighted by Gasteiger charge is -2.37. The summed E-state index contributed by atoms with van der Waals surface area (Å²) in [5.41, 5.74) is 0.360. The Balaban J connectivity index is 1.99. The predicted molar refractivity (Wildman–Crippen MR) is 83.8 cm³/mol. The summed E-state index contributed by atoms with van der Waals surface area (Å²) in [6.07, 6.45) is 8.76. The normalized spacial score (nSPS) is 27.6. The second kappa shape index (κ2) is 7.23. The van der Waals surface area contributed by atoms with E-state index in [9.17, 15) is 8.42 Å². The number of hydrogen-bond acceptors (Lipinski definition) is 4. The van der Waals surface area contributed by atoms with Crippen LogP contribution in [0.25, 0.3) is 0 Å². The summed E-state index contributed by atoms with van der Waals surface area (Å²) in [5, 5.41) is 3.38. The number of rotatable bonds is 4. The van der Waals surface area contributed by atoms with Crippen molar-refractivity contribution in [1.29, 1.82) is 0 Å². The first-order valence-electron chi connectivity index (χ1n) is 8.13. The highest BCUT2D eigenvalue weighted by Gasteiger charge is 2.33. The Morgan fingerprint density at radius 1 is 1.00 bits per heavy atom. The van der Waals surface area contributed by atoms with Crippen LogP contribution in [-0.2, 0) is 9.84 Å². The van der Waals surface area contributed by atoms with Crippen LogP contribution in [0.15, 0.2) is 0 Å². The van der Waals surface area contributed by atoms with E-state index in [1.807, 2.05) is 7.05 Å². The molecule has 0 aromatic rings. The SMILES string of the molecule is CNCC1(CN2CCCS(=O)(=O)CC2)CCCCCC1. The molecule has 2 aliphatic rings. The van der Waals surface area contributed by atoms with E-state index in [1.54, 1.807) is 0 Å². The van der Waals surface area contributed by atoms with Gasteiger partial charge in [0.25, 0.3) is 0 Å². The Bertz CT molecular complexity index is 387. The van der Waals surface area contributed by atoms with E-state index in [4.69, 9.17) is 0 Å². The zero-order valence-electron chi connectivity index (χ0n) is 12.9. The minimum Gasteiger partial charge on any atom is -0.319 e. The maximum atomic E-state index is 11.7. The van der Waals surface area contributed by atoms with E-state index in [-0.39, 0.29) is 0 Å². The Kier molecular flexibility index (Phi) is 5.87. The van der Waals surface area contributed by atoms with Crippen LogP contribution < -0.4 is 5.32 Å². The van der Waals surface area contributed by atoms with E-state index >= 15 is 0 Å². The molecule has 5 heteroatoms. The molecule has 0 aromatic carbocycles. The van der Waals surface area contributed by atoms with Crippen molar-refractivity contribution in [3.63, 3.8) is 0 Å². The molecule has 20 heavy (non-hydrogen) atoms. The van der Waals surface area contributed by atoms with Crippen LogP contribution in [0, 0.1) is 5.41 Å². The molecule has 2 rings (SSSR count). The van der Waals surface area contributed by atoms with Gasteiger partial charge in [-0.25, -0.2) is 8.42 Å². The summed E-state index contributed by atoms with van der Waals surface area (Å²) in [4.78, 5) is 2.41. The topological polar surface area (TPSA) is 49.4 Å². The van der Waals surface area contributed by atoms with Gasteiger partial charge in [-0.15, -0.1) is 0 Å². The van der Waals surface area contributed by atoms with Gasteiger partial charge < -0.3 is 10.2 Å². The molecule has 0 spiro atoms. The summed E-state index contributed by atoms with van der Waals surface area (Å²) >= 11 is 0. The van der Waals surface area contributed by atoms with Crippen molar-refractivity contribution in [2.24, 2.45) is 5.41 Å². The van der Waals surface area contributed by atoms with E-state index in [2.05, 4.69) is 10.2 Å². The smallest absolute Gasteiger partial charge is 0.151 e. The molecule has 1 saturated heterocycles. The average Bonchev–Trinajstić information content (AvgIpc) is 2.70. The molecule has 1 heterocycles. The lowest BCUT2D eigenvalue weighted by atomic mass is 9.79. The Morgan fingerprint density at radius 2 is 1.70 bits per heavy atom. The van der Waals surface area contributed by atoms with Crippen molar-refractivity contribution in [1.82, 2.24) is 10.2 Å². The van der Waals surface area contributed by atoms with Crippen molar-refractivity contribution in [2.75, 3.05) is 44.7 Å². The van der Waals surface area contributed by atoms with Crippen LogP contribution in [-0.4, -0.2) is 58.1 Å². The van der Waals surface area contributed by atoms with E-state index in [0.717, 1.165) is 32.6 Å². The van der Waals surface area contributed by atoms with Gasteiger partial charge in [0, 0.05) is 19.6 Å². The standard InChI is InChI=1S/C15H30N2O2S/c1-16-13-15(7-4-2-3-5-8-15)14-17-9-6-11-20(18,19)12-10-17/h16H,2-14H2,1H3.